The number of nitrogens with zero attached hydrogens (tertiary/aromatic N) is 2. The summed E-state index contributed by atoms with van der Waals surface area (Å²) >= 11 is 0. The van der Waals surface area contributed by atoms with Crippen LogP contribution >= 0.6 is 0 Å². The SMILES string of the molecule is CCCCNc1ccc(C(c2ccc(C)cc2)c2ccc(/C=C\c3ccc(N(c4ccc(/C=C/c5ccc(N(c6ccccc6)c6ccc(C)cc6)cc5)cc4)c4ccc(C)c(OC)c4)cc3)cc2)cc1. The van der Waals surface area contributed by atoms with Gasteiger partial charge in [-0.2, -0.15) is 0 Å². The van der Waals surface area contributed by atoms with Crippen LogP contribution < -0.4 is 19.9 Å². The number of anilines is 7. The fraction of sp³-hybridized carbons (Fsp3) is 0.134. The lowest BCUT2D eigenvalue weighted by atomic mass is 9.84. The molecule has 1 atom stereocenters. The fourth-order valence-electron chi connectivity index (χ4n) is 9.04. The van der Waals surface area contributed by atoms with E-state index in [-0.39, 0.29) is 5.92 Å². The van der Waals surface area contributed by atoms with Crippen LogP contribution in [-0.4, -0.2) is 13.7 Å². The molecule has 1 unspecified atom stereocenters. The summed E-state index contributed by atoms with van der Waals surface area (Å²) in [7, 11) is 1.73. The number of ether oxygens (including phenoxy) is 1. The van der Waals surface area contributed by atoms with Crippen LogP contribution in [-0.2, 0) is 0 Å². The number of para-hydroxylation sites is 1. The number of hydrogen-bond acceptors (Lipinski definition) is 4. The molecule has 0 heterocycles. The maximum Gasteiger partial charge on any atom is 0.123 e. The van der Waals surface area contributed by atoms with Crippen LogP contribution in [0.25, 0.3) is 24.3 Å². The molecule has 0 spiro atoms. The van der Waals surface area contributed by atoms with Crippen molar-refractivity contribution in [2.75, 3.05) is 28.8 Å². The number of unbranched alkanes of at least 4 members (excludes halogenated alkanes) is 1. The van der Waals surface area contributed by atoms with Gasteiger partial charge in [0.2, 0.25) is 0 Å². The third kappa shape index (κ3) is 11.9. The highest BCUT2D eigenvalue weighted by atomic mass is 16.5. The first kappa shape index (κ1) is 47.7. The van der Waals surface area contributed by atoms with Gasteiger partial charge in [-0.05, 0) is 151 Å². The Morgan fingerprint density at radius 1 is 0.423 bits per heavy atom. The van der Waals surface area contributed by atoms with Crippen LogP contribution in [0.4, 0.5) is 39.8 Å². The molecule has 0 aliphatic heterocycles. The second-order valence-corrected chi connectivity index (χ2v) is 18.3. The molecule has 71 heavy (non-hydrogen) atoms. The van der Waals surface area contributed by atoms with Gasteiger partial charge in [-0.15, -0.1) is 0 Å². The number of benzene rings is 9. The Bertz CT molecular complexity index is 3160. The van der Waals surface area contributed by atoms with Crippen molar-refractivity contribution in [2.45, 2.75) is 46.5 Å². The standard InChI is InChI=1S/C67H63N3O/c1-6-7-47-68-59-36-34-58(35-37-59)67(56-30-13-49(2)14-31-56)57-32-22-52(23-33-57)18-19-53-26-43-63(44-27-53)70(65-40-17-51(4)66(48-65)71-5)64-45-28-55(29-46-64)21-20-54-24-41-62(42-25-54)69(60-11-9-8-10-12-60)61-38-15-50(3)16-39-61/h8-46,48,67-68H,6-7,47H2,1-5H3/b19-18-,21-20+. The highest BCUT2D eigenvalue weighted by Gasteiger charge is 2.18. The molecule has 0 bridgehead atoms. The Balaban J connectivity index is 0.915. The van der Waals surface area contributed by atoms with E-state index < -0.39 is 0 Å². The molecule has 4 heteroatoms. The largest absolute Gasteiger partial charge is 0.496 e. The summed E-state index contributed by atoms with van der Waals surface area (Å²) in [6.07, 6.45) is 11.1. The lowest BCUT2D eigenvalue weighted by Crippen LogP contribution is -2.10. The second-order valence-electron chi connectivity index (χ2n) is 18.3. The van der Waals surface area contributed by atoms with Gasteiger partial charge in [0.25, 0.3) is 0 Å². The summed E-state index contributed by atoms with van der Waals surface area (Å²) in [6.45, 7) is 9.57. The smallest absolute Gasteiger partial charge is 0.123 e. The Morgan fingerprint density at radius 2 is 0.789 bits per heavy atom. The zero-order chi connectivity index (χ0) is 48.9. The Hall–Kier alpha value is -8.34. The molecule has 352 valence electrons. The van der Waals surface area contributed by atoms with Crippen molar-refractivity contribution in [1.82, 2.24) is 0 Å². The van der Waals surface area contributed by atoms with E-state index >= 15 is 0 Å². The third-order valence-electron chi connectivity index (χ3n) is 13.1. The molecule has 0 aromatic heterocycles. The van der Waals surface area contributed by atoms with E-state index in [1.54, 1.807) is 7.11 Å². The zero-order valence-electron chi connectivity index (χ0n) is 41.6. The van der Waals surface area contributed by atoms with E-state index in [1.807, 2.05) is 0 Å². The maximum atomic E-state index is 5.80. The van der Waals surface area contributed by atoms with Gasteiger partial charge in [0.15, 0.2) is 0 Å². The van der Waals surface area contributed by atoms with E-state index in [0.717, 1.165) is 74.2 Å². The van der Waals surface area contributed by atoms with Crippen LogP contribution in [0.15, 0.2) is 218 Å². The summed E-state index contributed by atoms with van der Waals surface area (Å²) in [5.41, 5.74) is 19.7. The fourth-order valence-corrected chi connectivity index (χ4v) is 9.04. The van der Waals surface area contributed by atoms with Gasteiger partial charge in [0.05, 0.1) is 7.11 Å². The average Bonchev–Trinajstić information content (AvgIpc) is 3.41. The molecule has 0 fully saturated rings. The highest BCUT2D eigenvalue weighted by Crippen LogP contribution is 2.39. The van der Waals surface area contributed by atoms with Crippen LogP contribution in [0.1, 0.15) is 81.3 Å². The van der Waals surface area contributed by atoms with Gasteiger partial charge in [-0.1, -0.05) is 182 Å². The summed E-state index contributed by atoms with van der Waals surface area (Å²) in [5.74, 6) is 0.994. The normalized spacial score (nSPS) is 11.7. The van der Waals surface area contributed by atoms with Crippen molar-refractivity contribution in [1.29, 1.82) is 0 Å². The topological polar surface area (TPSA) is 27.7 Å². The molecule has 1 N–H and O–H groups in total. The quantitative estimate of drug-likeness (QED) is 0.0527. The Morgan fingerprint density at radius 3 is 1.24 bits per heavy atom. The first-order valence-corrected chi connectivity index (χ1v) is 24.9. The molecule has 9 aromatic carbocycles. The molecule has 0 aliphatic rings. The molecule has 9 aromatic rings. The van der Waals surface area contributed by atoms with Crippen LogP contribution in [0.3, 0.4) is 0 Å². The van der Waals surface area contributed by atoms with E-state index in [1.165, 1.54) is 46.3 Å². The van der Waals surface area contributed by atoms with E-state index in [9.17, 15) is 0 Å². The van der Waals surface area contributed by atoms with Crippen molar-refractivity contribution in [3.05, 3.63) is 274 Å². The molecule has 4 nitrogen and oxygen atoms in total. The molecular weight excluding hydrogens is 863 g/mol. The predicted octanol–water partition coefficient (Wildman–Crippen LogP) is 18.3. The van der Waals surface area contributed by atoms with Crippen LogP contribution in [0.2, 0.25) is 0 Å². The molecule has 0 aliphatic carbocycles. The van der Waals surface area contributed by atoms with Gasteiger partial charge in [0, 0.05) is 58.3 Å². The van der Waals surface area contributed by atoms with Crippen LogP contribution in [0.5, 0.6) is 5.75 Å². The number of rotatable bonds is 18. The minimum atomic E-state index is 0.140. The Labute approximate surface area is 421 Å². The van der Waals surface area contributed by atoms with Crippen molar-refractivity contribution < 1.29 is 4.74 Å². The molecule has 9 rings (SSSR count). The van der Waals surface area contributed by atoms with Crippen molar-refractivity contribution in [2.24, 2.45) is 0 Å². The minimum absolute atomic E-state index is 0.140. The minimum Gasteiger partial charge on any atom is -0.496 e. The highest BCUT2D eigenvalue weighted by molar-refractivity contribution is 5.81. The van der Waals surface area contributed by atoms with E-state index in [0.29, 0.717) is 0 Å². The first-order chi connectivity index (χ1) is 34.8. The average molecular weight is 926 g/mol. The van der Waals surface area contributed by atoms with Crippen molar-refractivity contribution in [3.8, 4) is 5.75 Å². The number of hydrogen-bond donors (Lipinski definition) is 1. The van der Waals surface area contributed by atoms with Crippen molar-refractivity contribution >= 4 is 64.1 Å². The number of aryl methyl sites for hydroxylation is 3. The number of nitrogens with one attached hydrogen (secondary N) is 1. The van der Waals surface area contributed by atoms with Gasteiger partial charge in [0.1, 0.15) is 5.75 Å². The molecular formula is C67H63N3O. The summed E-state index contributed by atoms with van der Waals surface area (Å²) < 4.78 is 5.80. The lowest BCUT2D eigenvalue weighted by molar-refractivity contribution is 0.412. The molecule has 0 amide bonds. The lowest BCUT2D eigenvalue weighted by Gasteiger charge is -2.26. The molecule has 0 saturated carbocycles. The van der Waals surface area contributed by atoms with Crippen molar-refractivity contribution in [3.63, 3.8) is 0 Å². The summed E-state index contributed by atoms with van der Waals surface area (Å²) in [5, 5.41) is 3.57. The Kier molecular flexibility index (Phi) is 15.4. The summed E-state index contributed by atoms with van der Waals surface area (Å²) in [6, 6.07) is 78.8. The molecule has 0 saturated heterocycles. The van der Waals surface area contributed by atoms with Gasteiger partial charge in [-0.25, -0.2) is 0 Å². The monoisotopic (exact) mass is 925 g/mol. The van der Waals surface area contributed by atoms with E-state index in [2.05, 4.69) is 286 Å². The van der Waals surface area contributed by atoms with Crippen LogP contribution in [0, 0.1) is 20.8 Å². The predicted molar refractivity (Wildman–Crippen MR) is 305 cm³/mol. The second kappa shape index (κ2) is 22.8. The van der Waals surface area contributed by atoms with E-state index in [4.69, 9.17) is 4.74 Å². The maximum absolute atomic E-state index is 5.80. The number of methoxy groups -OCH3 is 1. The molecule has 0 radical (unpaired) electrons. The van der Waals surface area contributed by atoms with Gasteiger partial charge in [-0.3, -0.25) is 0 Å². The zero-order valence-corrected chi connectivity index (χ0v) is 41.6. The van der Waals surface area contributed by atoms with Gasteiger partial charge < -0.3 is 19.9 Å². The first-order valence-electron chi connectivity index (χ1n) is 24.9. The van der Waals surface area contributed by atoms with Gasteiger partial charge >= 0.3 is 0 Å². The third-order valence-corrected chi connectivity index (χ3v) is 13.1. The summed E-state index contributed by atoms with van der Waals surface area (Å²) in [4.78, 5) is 4.58.